The average molecular weight is 325 g/mol. The Morgan fingerprint density at radius 3 is 2.71 bits per heavy atom. The molecule has 3 heterocycles. The van der Waals surface area contributed by atoms with Crippen molar-refractivity contribution in [3.63, 3.8) is 0 Å². The Morgan fingerprint density at radius 2 is 1.96 bits per heavy atom. The van der Waals surface area contributed by atoms with Crippen LogP contribution in [0.3, 0.4) is 0 Å². The molecule has 1 fully saturated rings. The third kappa shape index (κ3) is 2.25. The highest BCUT2D eigenvalue weighted by Crippen LogP contribution is 2.26. The fraction of sp³-hybridized carbons (Fsp3) is 0.385. The molecule has 0 unspecified atom stereocenters. The molecule has 0 radical (unpaired) electrons. The lowest BCUT2D eigenvalue weighted by Crippen LogP contribution is -2.44. The van der Waals surface area contributed by atoms with Crippen LogP contribution >= 0.6 is 0 Å². The van der Waals surface area contributed by atoms with Crippen molar-refractivity contribution in [3.8, 4) is 0 Å². The molecule has 2 aromatic heterocycles. The first-order chi connectivity index (χ1) is 11.8. The molecule has 0 aliphatic carbocycles. The lowest BCUT2D eigenvalue weighted by atomic mass is 10.1. The summed E-state index contributed by atoms with van der Waals surface area (Å²) in [6.07, 6.45) is -0.853. The second-order valence-electron chi connectivity index (χ2n) is 5.47. The van der Waals surface area contributed by atoms with E-state index < -0.39 is 6.17 Å². The number of rotatable bonds is 4. The van der Waals surface area contributed by atoms with Gasteiger partial charge in [-0.2, -0.15) is 14.7 Å². The third-order valence-electron chi connectivity index (χ3n) is 4.08. The highest BCUT2D eigenvalue weighted by atomic mass is 15.5. The maximum Gasteiger partial charge on any atom is 0.222 e. The van der Waals surface area contributed by atoms with Gasteiger partial charge >= 0.3 is 0 Å². The van der Waals surface area contributed by atoms with E-state index in [1.54, 1.807) is 16.6 Å². The predicted molar refractivity (Wildman–Crippen MR) is 84.2 cm³/mol. The van der Waals surface area contributed by atoms with Gasteiger partial charge in [-0.3, -0.25) is 0 Å². The number of tetrazole rings is 1. The molecule has 0 saturated carbocycles. The van der Waals surface area contributed by atoms with Crippen molar-refractivity contribution < 1.29 is 0 Å². The molecule has 0 amide bonds. The summed E-state index contributed by atoms with van der Waals surface area (Å²) in [4.78, 5) is 6.89. The topological polar surface area (TPSA) is 144 Å². The minimum atomic E-state index is -0.853. The summed E-state index contributed by atoms with van der Waals surface area (Å²) in [6, 6.07) is 5.36. The monoisotopic (exact) mass is 325 g/mol. The fourth-order valence-electron chi connectivity index (χ4n) is 2.88. The minimum Gasteiger partial charge on any atom is -0.351 e. The van der Waals surface area contributed by atoms with Gasteiger partial charge in [0, 0.05) is 31.7 Å². The van der Waals surface area contributed by atoms with Crippen molar-refractivity contribution in [2.45, 2.75) is 6.17 Å². The van der Waals surface area contributed by atoms with Gasteiger partial charge in [-0.15, -0.1) is 5.10 Å². The standard InChI is InChI=1S/C13H15N11/c14-18-11(19-15)8-1-2-9-10(7-8)24-13(20-21-22-24)12(17-9)23-5-3-16-4-6-23/h1-2,7,11,14-16H,3-6H2. The van der Waals surface area contributed by atoms with E-state index in [0.717, 1.165) is 37.5 Å². The lowest BCUT2D eigenvalue weighted by Gasteiger charge is -2.28. The van der Waals surface area contributed by atoms with Crippen LogP contribution in [0.2, 0.25) is 0 Å². The predicted octanol–water partition coefficient (Wildman–Crippen LogP) is 1.14. The summed E-state index contributed by atoms with van der Waals surface area (Å²) in [7, 11) is 0. The molecule has 1 aliphatic heterocycles. The maximum atomic E-state index is 7.14. The quantitative estimate of drug-likeness (QED) is 0.614. The van der Waals surface area contributed by atoms with E-state index in [0.29, 0.717) is 16.7 Å². The van der Waals surface area contributed by atoms with Crippen molar-refractivity contribution in [1.82, 2.24) is 30.3 Å². The van der Waals surface area contributed by atoms with Crippen molar-refractivity contribution in [1.29, 1.82) is 11.1 Å². The zero-order valence-electron chi connectivity index (χ0n) is 12.7. The molecule has 0 spiro atoms. The van der Waals surface area contributed by atoms with Crippen LogP contribution in [0, 0.1) is 11.1 Å². The molecule has 1 aliphatic rings. The van der Waals surface area contributed by atoms with Gasteiger partial charge in [0.1, 0.15) is 0 Å². The zero-order chi connectivity index (χ0) is 16.5. The van der Waals surface area contributed by atoms with Crippen LogP contribution in [0.1, 0.15) is 11.7 Å². The number of aromatic nitrogens is 5. The summed E-state index contributed by atoms with van der Waals surface area (Å²) < 4.78 is 1.63. The molecule has 1 saturated heterocycles. The molecule has 4 rings (SSSR count). The van der Waals surface area contributed by atoms with Crippen molar-refractivity contribution >= 4 is 22.5 Å². The molecule has 0 bridgehead atoms. The van der Waals surface area contributed by atoms with Crippen LogP contribution in [-0.2, 0) is 0 Å². The zero-order valence-corrected chi connectivity index (χ0v) is 12.7. The van der Waals surface area contributed by atoms with Crippen molar-refractivity contribution in [3.05, 3.63) is 23.8 Å². The van der Waals surface area contributed by atoms with Gasteiger partial charge in [0.2, 0.25) is 11.8 Å². The Kier molecular flexibility index (Phi) is 3.54. The highest BCUT2D eigenvalue weighted by Gasteiger charge is 2.20. The molecule has 0 atom stereocenters. The number of benzene rings is 1. The molecule has 3 aromatic rings. The van der Waals surface area contributed by atoms with Gasteiger partial charge in [0.15, 0.2) is 5.82 Å². The smallest absolute Gasteiger partial charge is 0.222 e. The molecular formula is C13H15N11. The molecule has 11 heteroatoms. The van der Waals surface area contributed by atoms with E-state index >= 15 is 0 Å². The summed E-state index contributed by atoms with van der Waals surface area (Å²) in [5.74, 6) is 0.758. The van der Waals surface area contributed by atoms with E-state index in [-0.39, 0.29) is 0 Å². The second-order valence-corrected chi connectivity index (χ2v) is 5.47. The highest BCUT2D eigenvalue weighted by molar-refractivity contribution is 5.83. The average Bonchev–Trinajstić information content (AvgIpc) is 3.13. The van der Waals surface area contributed by atoms with Gasteiger partial charge in [0.25, 0.3) is 0 Å². The summed E-state index contributed by atoms with van der Waals surface area (Å²) in [5.41, 5.74) is 16.9. The number of piperazine rings is 1. The lowest BCUT2D eigenvalue weighted by molar-refractivity contribution is 0.585. The number of nitrogens with one attached hydrogen (secondary N) is 3. The number of anilines is 1. The van der Waals surface area contributed by atoms with Crippen LogP contribution in [-0.4, -0.2) is 51.2 Å². The van der Waals surface area contributed by atoms with Crippen molar-refractivity contribution in [2.24, 2.45) is 10.2 Å². The minimum absolute atomic E-state index is 0.587. The first kappa shape index (κ1) is 14.5. The van der Waals surface area contributed by atoms with Crippen LogP contribution in [0.15, 0.2) is 28.4 Å². The molecule has 122 valence electrons. The normalized spacial score (nSPS) is 16.4. The van der Waals surface area contributed by atoms with E-state index in [1.165, 1.54) is 0 Å². The maximum absolute atomic E-state index is 7.14. The van der Waals surface area contributed by atoms with Crippen LogP contribution in [0.25, 0.3) is 16.7 Å². The molecule has 24 heavy (non-hydrogen) atoms. The van der Waals surface area contributed by atoms with Crippen LogP contribution in [0.5, 0.6) is 0 Å². The summed E-state index contributed by atoms with van der Waals surface area (Å²) in [5, 5.41) is 22.0. The largest absolute Gasteiger partial charge is 0.351 e. The fourth-order valence-corrected chi connectivity index (χ4v) is 2.88. The van der Waals surface area contributed by atoms with Crippen molar-refractivity contribution in [2.75, 3.05) is 31.1 Å². The number of hydrogen-bond donors (Lipinski definition) is 3. The number of hydrogen-bond acceptors (Lipinski definition) is 10. The molecule has 3 N–H and O–H groups in total. The van der Waals surface area contributed by atoms with E-state index in [9.17, 15) is 0 Å². The number of nitrogens with zero attached hydrogens (tertiary/aromatic N) is 8. The first-order valence-corrected chi connectivity index (χ1v) is 7.52. The Hall–Kier alpha value is -3.08. The summed E-state index contributed by atoms with van der Waals surface area (Å²) >= 11 is 0. The SMILES string of the molecule is N=NC(N=N)c1ccc2nc(N3CCNCC3)c3nnnn3c2c1. The molecule has 1 aromatic carbocycles. The van der Waals surface area contributed by atoms with Gasteiger partial charge in [-0.1, -0.05) is 6.07 Å². The van der Waals surface area contributed by atoms with Gasteiger partial charge in [-0.25, -0.2) is 16.0 Å². The van der Waals surface area contributed by atoms with E-state index in [2.05, 4.69) is 36.0 Å². The summed E-state index contributed by atoms with van der Waals surface area (Å²) in [6.45, 7) is 3.47. The third-order valence-corrected chi connectivity index (χ3v) is 4.08. The Bertz CT molecular complexity index is 903. The number of fused-ring (bicyclic) bond motifs is 3. The van der Waals surface area contributed by atoms with Gasteiger partial charge in [0.05, 0.1) is 11.0 Å². The first-order valence-electron chi connectivity index (χ1n) is 7.52. The molecular weight excluding hydrogens is 310 g/mol. The van der Waals surface area contributed by atoms with E-state index in [4.69, 9.17) is 16.0 Å². The second kappa shape index (κ2) is 5.85. The van der Waals surface area contributed by atoms with Crippen LogP contribution in [0.4, 0.5) is 5.82 Å². The van der Waals surface area contributed by atoms with Gasteiger partial charge < -0.3 is 10.2 Å². The van der Waals surface area contributed by atoms with Gasteiger partial charge in [-0.05, 0) is 22.6 Å². The Morgan fingerprint density at radius 1 is 1.17 bits per heavy atom. The van der Waals surface area contributed by atoms with Crippen LogP contribution < -0.4 is 10.2 Å². The Balaban J connectivity index is 1.91. The van der Waals surface area contributed by atoms with E-state index in [1.807, 2.05) is 6.07 Å². The molecule has 11 nitrogen and oxygen atoms in total. The Labute approximate surface area is 136 Å².